The fourth-order valence-corrected chi connectivity index (χ4v) is 4.54. The number of rotatable bonds is 6. The van der Waals surface area contributed by atoms with Gasteiger partial charge < -0.3 is 25.8 Å². The van der Waals surface area contributed by atoms with E-state index in [1.807, 2.05) is 36.5 Å². The van der Waals surface area contributed by atoms with Gasteiger partial charge in [-0.05, 0) is 66.7 Å². The molecule has 2 aromatic carbocycles. The summed E-state index contributed by atoms with van der Waals surface area (Å²) >= 11 is 0. The van der Waals surface area contributed by atoms with Crippen molar-refractivity contribution in [1.82, 2.24) is 10.2 Å². The number of benzene rings is 2. The Hall–Kier alpha value is -3.32. The Bertz CT molecular complexity index is 1060. The van der Waals surface area contributed by atoms with E-state index in [0.717, 1.165) is 48.9 Å². The maximum Gasteiger partial charge on any atom is 0.255 e. The van der Waals surface area contributed by atoms with Crippen LogP contribution in [-0.2, 0) is 6.54 Å². The highest BCUT2D eigenvalue weighted by Gasteiger charge is 2.26. The van der Waals surface area contributed by atoms with Gasteiger partial charge in [0.1, 0.15) is 11.6 Å². The average molecular weight is 452 g/mol. The fraction of sp³-hybridized carbons (Fsp3) is 0.346. The van der Waals surface area contributed by atoms with Gasteiger partial charge in [0.25, 0.3) is 5.91 Å². The Morgan fingerprint density at radius 1 is 1.24 bits per heavy atom. The number of hydrogen-bond donors (Lipinski definition) is 3. The van der Waals surface area contributed by atoms with Crippen LogP contribution in [0.2, 0.25) is 0 Å². The molecule has 33 heavy (non-hydrogen) atoms. The summed E-state index contributed by atoms with van der Waals surface area (Å²) in [5.74, 6) is -0.557. The molecular formula is C26H30FN3O3. The fourth-order valence-electron chi connectivity index (χ4n) is 4.54. The number of halogens is 1. The summed E-state index contributed by atoms with van der Waals surface area (Å²) in [5, 5.41) is 12.9. The van der Waals surface area contributed by atoms with Gasteiger partial charge in [-0.25, -0.2) is 4.39 Å². The number of allylic oxidation sites excluding steroid dienone is 1. The molecule has 2 aromatic rings. The van der Waals surface area contributed by atoms with Crippen molar-refractivity contribution in [1.29, 1.82) is 0 Å². The zero-order chi connectivity index (χ0) is 23.4. The molecule has 1 fully saturated rings. The van der Waals surface area contributed by atoms with Gasteiger partial charge in [0, 0.05) is 31.0 Å². The number of ether oxygens (including phenoxy) is 1. The lowest BCUT2D eigenvalue weighted by molar-refractivity contribution is 0.0840. The molecule has 2 unspecified atom stereocenters. The third-order valence-corrected chi connectivity index (χ3v) is 6.28. The standard InChI is InChI=1S/C26H30FN3O3/c1-33-25-10-9-20(27)12-24(25)26(32)29-14-17-5-7-18(8-6-17)19-11-21(28)16-30(15-19)22-3-2-4-23(31)13-22/h5-12,16,22-23,31H,2-4,13-15,28H2,1H3,(H,29,32). The van der Waals surface area contributed by atoms with Crippen molar-refractivity contribution >= 4 is 11.5 Å². The van der Waals surface area contributed by atoms with Crippen LogP contribution in [0.3, 0.4) is 0 Å². The van der Waals surface area contributed by atoms with Crippen LogP contribution in [0.4, 0.5) is 4.39 Å². The number of carbonyl (C=O) groups is 1. The Morgan fingerprint density at radius 3 is 2.76 bits per heavy atom. The number of methoxy groups -OCH3 is 1. The lowest BCUT2D eigenvalue weighted by Crippen LogP contribution is -2.39. The molecule has 1 amide bonds. The first kappa shape index (κ1) is 22.9. The second-order valence-corrected chi connectivity index (χ2v) is 8.67. The molecule has 2 aliphatic rings. The predicted octanol–water partition coefficient (Wildman–Crippen LogP) is 3.57. The second-order valence-electron chi connectivity index (χ2n) is 8.67. The molecule has 0 saturated heterocycles. The highest BCUT2D eigenvalue weighted by molar-refractivity contribution is 5.96. The zero-order valence-electron chi connectivity index (χ0n) is 18.8. The topological polar surface area (TPSA) is 87.8 Å². The Morgan fingerprint density at radius 2 is 2.03 bits per heavy atom. The van der Waals surface area contributed by atoms with Crippen LogP contribution in [0.5, 0.6) is 5.75 Å². The van der Waals surface area contributed by atoms with Gasteiger partial charge in [0.15, 0.2) is 0 Å². The van der Waals surface area contributed by atoms with Gasteiger partial charge in [-0.2, -0.15) is 0 Å². The first-order valence-electron chi connectivity index (χ1n) is 11.3. The van der Waals surface area contributed by atoms with E-state index in [4.69, 9.17) is 10.5 Å². The van der Waals surface area contributed by atoms with Gasteiger partial charge in [-0.15, -0.1) is 0 Å². The van der Waals surface area contributed by atoms with Crippen LogP contribution < -0.4 is 15.8 Å². The SMILES string of the molecule is COc1ccc(F)cc1C(=O)NCc1ccc(C2=CC(N)=CN(C3CCCC(O)C3)C2)cc1. The van der Waals surface area contributed by atoms with E-state index in [0.29, 0.717) is 24.0 Å². The van der Waals surface area contributed by atoms with Crippen molar-refractivity contribution in [3.05, 3.63) is 82.9 Å². The van der Waals surface area contributed by atoms with Crippen molar-refractivity contribution in [2.75, 3.05) is 13.7 Å². The number of nitrogens with two attached hydrogens (primary N) is 1. The molecule has 1 aliphatic carbocycles. The van der Waals surface area contributed by atoms with Crippen LogP contribution >= 0.6 is 0 Å². The molecule has 6 nitrogen and oxygen atoms in total. The van der Waals surface area contributed by atoms with E-state index in [1.54, 1.807) is 0 Å². The quantitative estimate of drug-likeness (QED) is 0.625. The monoisotopic (exact) mass is 451 g/mol. The van der Waals surface area contributed by atoms with Gasteiger partial charge in [0.2, 0.25) is 0 Å². The number of carbonyl (C=O) groups excluding carboxylic acids is 1. The number of aliphatic hydroxyl groups is 1. The maximum atomic E-state index is 13.6. The maximum absolute atomic E-state index is 13.6. The summed E-state index contributed by atoms with van der Waals surface area (Å²) in [6.45, 7) is 1.06. The zero-order valence-corrected chi connectivity index (χ0v) is 18.8. The molecule has 2 atom stereocenters. The first-order valence-corrected chi connectivity index (χ1v) is 11.3. The minimum atomic E-state index is -0.490. The number of aliphatic hydroxyl groups excluding tert-OH is 1. The van der Waals surface area contributed by atoms with E-state index < -0.39 is 11.7 Å². The number of nitrogens with one attached hydrogen (secondary N) is 1. The van der Waals surface area contributed by atoms with Crippen molar-refractivity contribution < 1.29 is 19.0 Å². The van der Waals surface area contributed by atoms with Crippen molar-refractivity contribution in [2.24, 2.45) is 5.73 Å². The molecular weight excluding hydrogens is 421 g/mol. The second kappa shape index (κ2) is 10.1. The lowest BCUT2D eigenvalue weighted by Gasteiger charge is -2.37. The minimum Gasteiger partial charge on any atom is -0.496 e. The molecule has 7 heteroatoms. The van der Waals surface area contributed by atoms with Crippen molar-refractivity contribution in [3.63, 3.8) is 0 Å². The summed E-state index contributed by atoms with van der Waals surface area (Å²) in [7, 11) is 1.45. The van der Waals surface area contributed by atoms with Gasteiger partial charge in [-0.1, -0.05) is 24.3 Å². The summed E-state index contributed by atoms with van der Waals surface area (Å²) in [6, 6.07) is 12.1. The largest absolute Gasteiger partial charge is 0.496 e. The van der Waals surface area contributed by atoms with E-state index in [-0.39, 0.29) is 11.7 Å². The van der Waals surface area contributed by atoms with Crippen molar-refractivity contribution in [2.45, 2.75) is 44.4 Å². The number of hydrogen-bond acceptors (Lipinski definition) is 5. The Kier molecular flexibility index (Phi) is 6.99. The minimum absolute atomic E-state index is 0.164. The molecule has 0 radical (unpaired) electrons. The van der Waals surface area contributed by atoms with Crippen LogP contribution in [0, 0.1) is 5.82 Å². The molecule has 1 saturated carbocycles. The van der Waals surface area contributed by atoms with Crippen molar-refractivity contribution in [3.8, 4) is 5.75 Å². The Labute approximate surface area is 193 Å². The number of nitrogens with zero attached hydrogens (tertiary/aromatic N) is 1. The molecule has 1 aliphatic heterocycles. The van der Waals surface area contributed by atoms with E-state index in [2.05, 4.69) is 10.2 Å². The third kappa shape index (κ3) is 5.54. The summed E-state index contributed by atoms with van der Waals surface area (Å²) < 4.78 is 18.7. The Balaban J connectivity index is 1.39. The normalized spacial score (nSPS) is 20.6. The first-order chi connectivity index (χ1) is 15.9. The van der Waals surface area contributed by atoms with Gasteiger partial charge >= 0.3 is 0 Å². The lowest BCUT2D eigenvalue weighted by atomic mass is 9.90. The average Bonchev–Trinajstić information content (AvgIpc) is 2.82. The van der Waals surface area contributed by atoms with Gasteiger partial charge in [0.05, 0.1) is 18.8 Å². The number of amides is 1. The molecule has 0 bridgehead atoms. The third-order valence-electron chi connectivity index (χ3n) is 6.28. The smallest absolute Gasteiger partial charge is 0.255 e. The highest BCUT2D eigenvalue weighted by atomic mass is 19.1. The summed E-state index contributed by atoms with van der Waals surface area (Å²) in [6.07, 6.45) is 7.45. The molecule has 0 spiro atoms. The molecule has 0 aromatic heterocycles. The highest BCUT2D eigenvalue weighted by Crippen LogP contribution is 2.29. The summed E-state index contributed by atoms with van der Waals surface area (Å²) in [4.78, 5) is 14.7. The molecule has 4 N–H and O–H groups in total. The van der Waals surface area contributed by atoms with Gasteiger partial charge in [-0.3, -0.25) is 4.79 Å². The predicted molar refractivity (Wildman–Crippen MR) is 126 cm³/mol. The van der Waals surface area contributed by atoms with E-state index in [9.17, 15) is 14.3 Å². The van der Waals surface area contributed by atoms with E-state index >= 15 is 0 Å². The summed E-state index contributed by atoms with van der Waals surface area (Å²) in [5.41, 5.74) is 10.2. The van der Waals surface area contributed by atoms with Crippen LogP contribution in [-0.4, -0.2) is 41.7 Å². The molecule has 1 heterocycles. The van der Waals surface area contributed by atoms with Crippen LogP contribution in [0.1, 0.15) is 47.2 Å². The van der Waals surface area contributed by atoms with E-state index in [1.165, 1.54) is 25.3 Å². The molecule has 174 valence electrons. The molecule has 4 rings (SSSR count). The van der Waals surface area contributed by atoms with Crippen LogP contribution in [0.15, 0.2) is 60.4 Å². The van der Waals surface area contributed by atoms with Crippen LogP contribution in [0.25, 0.3) is 5.57 Å².